The van der Waals surface area contributed by atoms with Crippen LogP contribution in [0.25, 0.3) is 0 Å². The second-order valence-electron chi connectivity index (χ2n) is 4.86. The zero-order chi connectivity index (χ0) is 16.1. The molecular weight excluding hydrogens is 310 g/mol. The van der Waals surface area contributed by atoms with Crippen molar-refractivity contribution in [2.24, 2.45) is 5.84 Å². The number of methoxy groups -OCH3 is 1. The molecule has 0 bridgehead atoms. The maximum absolute atomic E-state index is 5.96. The Bertz CT molecular complexity index is 720. The van der Waals surface area contributed by atoms with Crippen LogP contribution in [0.5, 0.6) is 6.01 Å². The number of hydrazine groups is 1. The topological polar surface area (TPSA) is 77.2 Å². The van der Waals surface area contributed by atoms with E-state index in [2.05, 4.69) is 27.1 Å². The first kappa shape index (κ1) is 15.5. The van der Waals surface area contributed by atoms with Crippen LogP contribution in [-0.4, -0.2) is 27.1 Å². The molecule has 1 aromatic heterocycles. The predicted molar refractivity (Wildman–Crippen MR) is 89.4 cm³/mol. The smallest absolute Gasteiger partial charge is 0.320 e. The molecule has 2 aromatic rings. The van der Waals surface area contributed by atoms with E-state index in [9.17, 15) is 0 Å². The summed E-state index contributed by atoms with van der Waals surface area (Å²) in [6.45, 7) is 0. The van der Waals surface area contributed by atoms with E-state index < -0.39 is 0 Å². The SMILES string of the molecule is COc1nc(SCc2ccccc2)nc(C2C=CC=CN2N)n1. The highest BCUT2D eigenvalue weighted by Gasteiger charge is 2.20. The summed E-state index contributed by atoms with van der Waals surface area (Å²) in [5.74, 6) is 7.31. The molecule has 3 rings (SSSR count). The van der Waals surface area contributed by atoms with E-state index in [1.807, 2.05) is 36.4 Å². The molecule has 118 valence electrons. The van der Waals surface area contributed by atoms with Gasteiger partial charge in [0.05, 0.1) is 7.11 Å². The van der Waals surface area contributed by atoms with E-state index >= 15 is 0 Å². The molecule has 23 heavy (non-hydrogen) atoms. The van der Waals surface area contributed by atoms with Crippen molar-refractivity contribution in [3.63, 3.8) is 0 Å². The number of nitrogens with zero attached hydrogens (tertiary/aromatic N) is 4. The number of rotatable bonds is 5. The third kappa shape index (κ3) is 3.88. The Kier molecular flexibility index (Phi) is 4.89. The third-order valence-corrected chi connectivity index (χ3v) is 4.17. The molecule has 1 aliphatic rings. The summed E-state index contributed by atoms with van der Waals surface area (Å²) in [5, 5.41) is 2.17. The lowest BCUT2D eigenvalue weighted by molar-refractivity contribution is 0.309. The van der Waals surface area contributed by atoms with E-state index in [4.69, 9.17) is 10.6 Å². The van der Waals surface area contributed by atoms with Gasteiger partial charge >= 0.3 is 6.01 Å². The molecule has 0 radical (unpaired) electrons. The molecule has 2 N–H and O–H groups in total. The molecule has 0 aliphatic carbocycles. The normalized spacial score (nSPS) is 16.6. The largest absolute Gasteiger partial charge is 0.467 e. The van der Waals surface area contributed by atoms with Crippen LogP contribution < -0.4 is 10.6 Å². The van der Waals surface area contributed by atoms with Crippen molar-refractivity contribution < 1.29 is 4.74 Å². The molecule has 7 heteroatoms. The monoisotopic (exact) mass is 327 g/mol. The average molecular weight is 327 g/mol. The molecule has 0 amide bonds. The highest BCUT2D eigenvalue weighted by Crippen LogP contribution is 2.25. The second kappa shape index (κ2) is 7.26. The van der Waals surface area contributed by atoms with Gasteiger partial charge in [-0.05, 0) is 11.6 Å². The van der Waals surface area contributed by atoms with Crippen molar-refractivity contribution in [2.45, 2.75) is 17.0 Å². The number of nitrogens with two attached hydrogens (primary N) is 1. The molecule has 0 saturated heterocycles. The van der Waals surface area contributed by atoms with E-state index in [1.165, 1.54) is 17.3 Å². The van der Waals surface area contributed by atoms with Crippen molar-refractivity contribution in [1.82, 2.24) is 20.0 Å². The van der Waals surface area contributed by atoms with Crippen LogP contribution in [0.3, 0.4) is 0 Å². The molecule has 1 atom stereocenters. The first-order valence-corrected chi connectivity index (χ1v) is 8.09. The van der Waals surface area contributed by atoms with E-state index in [-0.39, 0.29) is 6.04 Å². The quantitative estimate of drug-likeness (QED) is 0.667. The molecular formula is C16H17N5OS. The highest BCUT2D eigenvalue weighted by atomic mass is 32.2. The van der Waals surface area contributed by atoms with Crippen LogP contribution in [0.1, 0.15) is 17.4 Å². The van der Waals surface area contributed by atoms with Crippen LogP contribution in [-0.2, 0) is 5.75 Å². The van der Waals surface area contributed by atoms with Gasteiger partial charge in [0.25, 0.3) is 0 Å². The molecule has 1 aliphatic heterocycles. The van der Waals surface area contributed by atoms with Gasteiger partial charge in [0.2, 0.25) is 0 Å². The van der Waals surface area contributed by atoms with Crippen LogP contribution >= 0.6 is 11.8 Å². The maximum atomic E-state index is 5.96. The lowest BCUT2D eigenvalue weighted by Crippen LogP contribution is -2.31. The number of benzene rings is 1. The number of aromatic nitrogens is 3. The van der Waals surface area contributed by atoms with Crippen molar-refractivity contribution in [1.29, 1.82) is 0 Å². The first-order valence-electron chi connectivity index (χ1n) is 7.11. The Morgan fingerprint density at radius 3 is 2.74 bits per heavy atom. The number of ether oxygens (including phenoxy) is 1. The number of thioether (sulfide) groups is 1. The van der Waals surface area contributed by atoms with Crippen molar-refractivity contribution >= 4 is 11.8 Å². The van der Waals surface area contributed by atoms with Crippen molar-refractivity contribution in [3.05, 3.63) is 66.1 Å². The summed E-state index contributed by atoms with van der Waals surface area (Å²) in [5.41, 5.74) is 1.21. The number of allylic oxidation sites excluding steroid dienone is 2. The second-order valence-corrected chi connectivity index (χ2v) is 5.80. The van der Waals surface area contributed by atoms with E-state index in [0.29, 0.717) is 17.0 Å². The third-order valence-electron chi connectivity index (χ3n) is 3.25. The lowest BCUT2D eigenvalue weighted by Gasteiger charge is -2.24. The molecule has 6 nitrogen and oxygen atoms in total. The molecule has 2 heterocycles. The fourth-order valence-corrected chi connectivity index (χ4v) is 2.88. The zero-order valence-electron chi connectivity index (χ0n) is 12.7. The predicted octanol–water partition coefficient (Wildman–Crippen LogP) is 2.47. The number of hydrogen-bond donors (Lipinski definition) is 1. The van der Waals surface area contributed by atoms with Gasteiger partial charge in [-0.3, -0.25) is 0 Å². The van der Waals surface area contributed by atoms with Crippen LogP contribution in [0, 0.1) is 0 Å². The summed E-state index contributed by atoms with van der Waals surface area (Å²) in [4.78, 5) is 13.1. The maximum Gasteiger partial charge on any atom is 0.320 e. The van der Waals surface area contributed by atoms with Gasteiger partial charge in [0.15, 0.2) is 11.0 Å². The molecule has 1 aromatic carbocycles. The minimum atomic E-state index is -0.229. The van der Waals surface area contributed by atoms with E-state index in [1.54, 1.807) is 18.3 Å². The van der Waals surface area contributed by atoms with Gasteiger partial charge in [-0.25, -0.2) is 10.8 Å². The highest BCUT2D eigenvalue weighted by molar-refractivity contribution is 7.98. The summed E-state index contributed by atoms with van der Waals surface area (Å²) < 4.78 is 5.20. The molecule has 0 spiro atoms. The summed E-state index contributed by atoms with van der Waals surface area (Å²) in [6.07, 6.45) is 7.49. The van der Waals surface area contributed by atoms with Gasteiger partial charge in [-0.15, -0.1) is 0 Å². The minimum absolute atomic E-state index is 0.229. The fraction of sp³-hybridized carbons (Fsp3) is 0.188. The van der Waals surface area contributed by atoms with Crippen LogP contribution in [0.15, 0.2) is 59.9 Å². The fourth-order valence-electron chi connectivity index (χ4n) is 2.09. The average Bonchev–Trinajstić information content (AvgIpc) is 2.61. The Morgan fingerprint density at radius 1 is 1.17 bits per heavy atom. The van der Waals surface area contributed by atoms with Gasteiger partial charge in [0.1, 0.15) is 6.04 Å². The number of hydrogen-bond acceptors (Lipinski definition) is 7. The standard InChI is InChI=1S/C16H17N5OS/c1-22-15-18-14(13-9-5-6-10-21(13)17)19-16(20-15)23-11-12-7-3-2-4-8-12/h2-10,13H,11,17H2,1H3. The Morgan fingerprint density at radius 2 is 2.00 bits per heavy atom. The van der Waals surface area contributed by atoms with Gasteiger partial charge in [-0.2, -0.15) is 9.97 Å². The zero-order valence-corrected chi connectivity index (χ0v) is 13.5. The summed E-state index contributed by atoms with van der Waals surface area (Å²) in [6, 6.07) is 10.2. The van der Waals surface area contributed by atoms with E-state index in [0.717, 1.165) is 5.75 Å². The van der Waals surface area contributed by atoms with Gasteiger partial charge in [-0.1, -0.05) is 54.2 Å². The minimum Gasteiger partial charge on any atom is -0.467 e. The van der Waals surface area contributed by atoms with Gasteiger partial charge in [0, 0.05) is 12.0 Å². The lowest BCUT2D eigenvalue weighted by atomic mass is 10.2. The van der Waals surface area contributed by atoms with Crippen LogP contribution in [0.4, 0.5) is 0 Å². The Hall–Kier alpha value is -2.38. The molecule has 1 unspecified atom stereocenters. The Labute approximate surface area is 139 Å². The molecule has 0 fully saturated rings. The van der Waals surface area contributed by atoms with Gasteiger partial charge < -0.3 is 9.75 Å². The molecule has 0 saturated carbocycles. The van der Waals surface area contributed by atoms with Crippen LogP contribution in [0.2, 0.25) is 0 Å². The summed E-state index contributed by atoms with van der Waals surface area (Å²) in [7, 11) is 1.54. The van der Waals surface area contributed by atoms with Crippen molar-refractivity contribution in [3.8, 4) is 6.01 Å². The Balaban J connectivity index is 1.81. The summed E-state index contributed by atoms with van der Waals surface area (Å²) >= 11 is 1.54. The van der Waals surface area contributed by atoms with Crippen molar-refractivity contribution in [2.75, 3.05) is 7.11 Å². The first-order chi connectivity index (χ1) is 11.3.